The Hall–Kier alpha value is -4.36. The zero-order valence-corrected chi connectivity index (χ0v) is 27.5. The average Bonchev–Trinajstić information content (AvgIpc) is 3.73. The summed E-state index contributed by atoms with van der Waals surface area (Å²) in [7, 11) is 1.69. The summed E-state index contributed by atoms with van der Waals surface area (Å²) in [6.45, 7) is 10.1. The number of pyridine rings is 1. The number of ether oxygens (including phenoxy) is 2. The lowest BCUT2D eigenvalue weighted by Gasteiger charge is -2.43. The maximum atomic E-state index is 14.4. The number of halogens is 3. The van der Waals surface area contributed by atoms with Crippen molar-refractivity contribution in [1.82, 2.24) is 14.5 Å². The number of methoxy groups -OCH3 is 1. The minimum atomic E-state index is -4.62. The number of hydrogen-bond acceptors (Lipinski definition) is 9. The van der Waals surface area contributed by atoms with E-state index in [4.69, 9.17) is 18.9 Å². The third-order valence-corrected chi connectivity index (χ3v) is 9.06. The second-order valence-electron chi connectivity index (χ2n) is 12.5. The fourth-order valence-electron chi connectivity index (χ4n) is 6.86. The third-order valence-electron chi connectivity index (χ3n) is 9.06. The molecule has 256 valence electrons. The van der Waals surface area contributed by atoms with Crippen molar-refractivity contribution in [2.75, 3.05) is 62.8 Å². The van der Waals surface area contributed by atoms with Crippen LogP contribution in [0.4, 0.5) is 24.9 Å². The van der Waals surface area contributed by atoms with Gasteiger partial charge in [0.2, 0.25) is 0 Å². The van der Waals surface area contributed by atoms with Crippen molar-refractivity contribution in [3.8, 4) is 16.9 Å². The zero-order valence-electron chi connectivity index (χ0n) is 27.5. The van der Waals surface area contributed by atoms with Gasteiger partial charge in [0.25, 0.3) is 6.01 Å². The van der Waals surface area contributed by atoms with Crippen LogP contribution in [-0.4, -0.2) is 85.6 Å². The van der Waals surface area contributed by atoms with Crippen molar-refractivity contribution in [3.63, 3.8) is 0 Å². The molecule has 2 atom stereocenters. The number of oxazole rings is 1. The number of aromatic nitrogens is 2. The van der Waals surface area contributed by atoms with Gasteiger partial charge in [-0.25, -0.2) is 4.79 Å². The normalized spacial score (nSPS) is 19.0. The fraction of sp³-hybridized carbons (Fsp3) is 0.457. The van der Waals surface area contributed by atoms with Crippen molar-refractivity contribution < 1.29 is 31.9 Å². The fourth-order valence-corrected chi connectivity index (χ4v) is 6.86. The van der Waals surface area contributed by atoms with Gasteiger partial charge in [-0.1, -0.05) is 6.07 Å². The van der Waals surface area contributed by atoms with Gasteiger partial charge in [-0.05, 0) is 63.4 Å². The molecule has 6 rings (SSSR count). The molecule has 0 N–H and O–H groups in total. The van der Waals surface area contributed by atoms with Gasteiger partial charge in [-0.15, -0.1) is 0 Å². The molecule has 10 nitrogen and oxygen atoms in total. The van der Waals surface area contributed by atoms with Gasteiger partial charge in [0.15, 0.2) is 11.0 Å². The molecule has 4 aromatic rings. The highest BCUT2D eigenvalue weighted by Crippen LogP contribution is 2.40. The van der Waals surface area contributed by atoms with Gasteiger partial charge in [0, 0.05) is 81.6 Å². The highest BCUT2D eigenvalue weighted by Gasteiger charge is 2.36. The first-order valence-electron chi connectivity index (χ1n) is 16.3. The monoisotopic (exact) mass is 667 g/mol. The second-order valence-corrected chi connectivity index (χ2v) is 12.5. The van der Waals surface area contributed by atoms with E-state index in [1.165, 1.54) is 22.9 Å². The summed E-state index contributed by atoms with van der Waals surface area (Å²) < 4.78 is 61.5. The Kier molecular flexibility index (Phi) is 9.53. The topological polar surface area (TPSA) is 93.3 Å². The van der Waals surface area contributed by atoms with Crippen LogP contribution >= 0.6 is 0 Å². The first-order valence-corrected chi connectivity index (χ1v) is 16.3. The van der Waals surface area contributed by atoms with Gasteiger partial charge in [-0.3, -0.25) is 9.69 Å². The minimum absolute atomic E-state index is 0.0528. The molecule has 0 radical (unpaired) electrons. The van der Waals surface area contributed by atoms with E-state index in [0.717, 1.165) is 38.5 Å². The number of benzene rings is 2. The molecule has 2 saturated heterocycles. The van der Waals surface area contributed by atoms with Gasteiger partial charge in [-0.2, -0.15) is 18.2 Å². The molecule has 13 heteroatoms. The summed E-state index contributed by atoms with van der Waals surface area (Å²) in [6.07, 6.45) is -1.66. The van der Waals surface area contributed by atoms with Gasteiger partial charge in [0.1, 0.15) is 11.1 Å². The van der Waals surface area contributed by atoms with E-state index < -0.39 is 23.1 Å². The molecule has 2 aromatic carbocycles. The molecule has 4 heterocycles. The number of piperazine rings is 1. The Balaban J connectivity index is 1.43. The number of rotatable bonds is 9. The first kappa shape index (κ1) is 33.5. The molecule has 0 aliphatic carbocycles. The lowest BCUT2D eigenvalue weighted by atomic mass is 10.0. The number of carbonyl (C=O) groups is 1. The van der Waals surface area contributed by atoms with Gasteiger partial charge < -0.3 is 28.3 Å². The van der Waals surface area contributed by atoms with Gasteiger partial charge >= 0.3 is 12.1 Å². The SMILES string of the molecule is CCOC(=O)c1cn(-c2ccc3nc(N4[C@H](C)CN(CCOC)C[C@@H]4C)oc3c2)c(-c2ccc(N3CCCC3)c(C(F)(F)F)c2)cc1=O. The summed E-state index contributed by atoms with van der Waals surface area (Å²) in [5.41, 5.74) is 0.295. The Morgan fingerprint density at radius 1 is 1.04 bits per heavy atom. The van der Waals surface area contributed by atoms with Crippen molar-refractivity contribution >= 4 is 28.8 Å². The zero-order chi connectivity index (χ0) is 34.2. The number of esters is 1. The van der Waals surface area contributed by atoms with Crippen LogP contribution in [0.25, 0.3) is 28.0 Å². The summed E-state index contributed by atoms with van der Waals surface area (Å²) in [5.74, 6) is -0.821. The Labute approximate surface area is 276 Å². The van der Waals surface area contributed by atoms with Crippen LogP contribution in [0, 0.1) is 0 Å². The van der Waals surface area contributed by atoms with Crippen LogP contribution in [0.15, 0.2) is 57.9 Å². The smallest absolute Gasteiger partial charge is 0.418 e. The maximum absolute atomic E-state index is 14.4. The van der Waals surface area contributed by atoms with Crippen molar-refractivity contribution in [1.29, 1.82) is 0 Å². The van der Waals surface area contributed by atoms with E-state index in [9.17, 15) is 22.8 Å². The Bertz CT molecular complexity index is 1840. The second kappa shape index (κ2) is 13.6. The third kappa shape index (κ3) is 6.66. The van der Waals surface area contributed by atoms with E-state index in [0.29, 0.717) is 42.5 Å². The number of carbonyl (C=O) groups excluding carboxylic acids is 1. The summed E-state index contributed by atoms with van der Waals surface area (Å²) in [6, 6.07) is 11.2. The minimum Gasteiger partial charge on any atom is -0.462 e. The molecule has 2 fully saturated rings. The van der Waals surface area contributed by atoms with E-state index in [1.54, 1.807) is 43.2 Å². The average molecular weight is 668 g/mol. The van der Waals surface area contributed by atoms with E-state index in [1.807, 2.05) is 0 Å². The molecule has 48 heavy (non-hydrogen) atoms. The maximum Gasteiger partial charge on any atom is 0.418 e. The van der Waals surface area contributed by atoms with Crippen LogP contribution in [0.2, 0.25) is 0 Å². The molecule has 0 amide bonds. The van der Waals surface area contributed by atoms with E-state index >= 15 is 0 Å². The molecule has 2 aliphatic rings. The number of alkyl halides is 3. The predicted molar refractivity (Wildman–Crippen MR) is 177 cm³/mol. The molecule has 2 aromatic heterocycles. The molecular weight excluding hydrogens is 627 g/mol. The Morgan fingerprint density at radius 3 is 2.44 bits per heavy atom. The summed E-state index contributed by atoms with van der Waals surface area (Å²) >= 11 is 0. The van der Waals surface area contributed by atoms with Crippen LogP contribution < -0.4 is 15.2 Å². The summed E-state index contributed by atoms with van der Waals surface area (Å²) in [4.78, 5) is 37.0. The summed E-state index contributed by atoms with van der Waals surface area (Å²) in [5, 5.41) is 0. The molecule has 0 spiro atoms. The first-order chi connectivity index (χ1) is 23.0. The molecular formula is C35H40F3N5O5. The molecule has 0 saturated carbocycles. The molecule has 0 bridgehead atoms. The Morgan fingerprint density at radius 2 is 1.77 bits per heavy atom. The van der Waals surface area contributed by atoms with Crippen LogP contribution in [-0.2, 0) is 15.7 Å². The quantitative estimate of drug-likeness (QED) is 0.200. The number of anilines is 2. The largest absolute Gasteiger partial charge is 0.462 e. The highest BCUT2D eigenvalue weighted by atomic mass is 19.4. The number of hydrogen-bond donors (Lipinski definition) is 0. The van der Waals surface area contributed by atoms with E-state index in [2.05, 4.69) is 23.6 Å². The van der Waals surface area contributed by atoms with Gasteiger partial charge in [0.05, 0.1) is 24.5 Å². The van der Waals surface area contributed by atoms with Crippen molar-refractivity contribution in [2.45, 2.75) is 51.9 Å². The lowest BCUT2D eigenvalue weighted by molar-refractivity contribution is -0.137. The van der Waals surface area contributed by atoms with Crippen molar-refractivity contribution in [2.24, 2.45) is 0 Å². The molecule has 0 unspecified atom stereocenters. The lowest BCUT2D eigenvalue weighted by Crippen LogP contribution is -2.57. The number of fused-ring (bicyclic) bond motifs is 1. The molecule has 2 aliphatic heterocycles. The van der Waals surface area contributed by atoms with Crippen molar-refractivity contribution in [3.05, 3.63) is 70.0 Å². The van der Waals surface area contributed by atoms with Crippen LogP contribution in [0.1, 0.15) is 49.5 Å². The highest BCUT2D eigenvalue weighted by molar-refractivity contribution is 5.90. The number of nitrogens with zero attached hydrogens (tertiary/aromatic N) is 5. The van der Waals surface area contributed by atoms with Crippen LogP contribution in [0.3, 0.4) is 0 Å². The van der Waals surface area contributed by atoms with E-state index in [-0.39, 0.29) is 41.2 Å². The van der Waals surface area contributed by atoms with Crippen LogP contribution in [0.5, 0.6) is 0 Å². The standard InChI is InChI=1S/C35H40F3N5O5/c1-5-47-33(45)26-21-42(30(18-31(26)44)24-8-11-29(41-12-6-7-13-41)27(16-24)35(36,37)38)25-9-10-28-32(17-25)48-34(39-28)43-22(2)19-40(14-15-46-4)20-23(43)3/h8-11,16-18,21-23H,5-7,12-15,19-20H2,1-4H3/t22-,23+. The predicted octanol–water partition coefficient (Wildman–Crippen LogP) is 5.99.